The third kappa shape index (κ3) is 7.53. The van der Waals surface area contributed by atoms with Gasteiger partial charge in [-0.05, 0) is 35.1 Å². The molecule has 2 aliphatic rings. The smallest absolute Gasteiger partial charge is 0.407 e. The lowest BCUT2D eigenvalue weighted by Gasteiger charge is -2.25. The number of carboxylic acid groups (broad SMARTS) is 1. The molecule has 9 nitrogen and oxygen atoms in total. The van der Waals surface area contributed by atoms with Gasteiger partial charge in [0.1, 0.15) is 6.61 Å². The minimum absolute atomic E-state index is 0.0332. The number of thioether (sulfide) groups is 1. The summed E-state index contributed by atoms with van der Waals surface area (Å²) in [5.41, 5.74) is 4.58. The summed E-state index contributed by atoms with van der Waals surface area (Å²) in [5.74, 6) is -0.589. The minimum atomic E-state index is -0.815. The van der Waals surface area contributed by atoms with Crippen molar-refractivity contribution < 1.29 is 29.0 Å². The van der Waals surface area contributed by atoms with E-state index in [1.165, 1.54) is 6.92 Å². The molecule has 0 bridgehead atoms. The molecule has 1 saturated heterocycles. The average Bonchev–Trinajstić information content (AvgIpc) is 3.43. The second kappa shape index (κ2) is 13.5. The Morgan fingerprint density at radius 1 is 0.949 bits per heavy atom. The van der Waals surface area contributed by atoms with E-state index in [2.05, 4.69) is 40.2 Å². The molecular weight excluding hydrogens is 518 g/mol. The van der Waals surface area contributed by atoms with E-state index in [0.29, 0.717) is 12.2 Å². The Hall–Kier alpha value is -3.53. The molecule has 208 valence electrons. The number of unbranched alkanes of at least 4 members (excludes halogenated alkanes) is 1. The van der Waals surface area contributed by atoms with E-state index in [4.69, 9.17) is 9.84 Å². The summed E-state index contributed by atoms with van der Waals surface area (Å²) in [7, 11) is 0. The van der Waals surface area contributed by atoms with Gasteiger partial charge in [-0.25, -0.2) is 4.79 Å². The lowest BCUT2D eigenvalue weighted by atomic mass is 9.98. The zero-order chi connectivity index (χ0) is 27.8. The SMILES string of the molecule is CC(=O)NC1C(NC(=O)CCNC(=O)OCC2c3ccccc3-c3ccccc32)CSC1CCCCC(=O)O. The molecule has 4 N–H and O–H groups in total. The van der Waals surface area contributed by atoms with Crippen molar-refractivity contribution in [1.29, 1.82) is 0 Å². The highest BCUT2D eigenvalue weighted by molar-refractivity contribution is 8.00. The quantitative estimate of drug-likeness (QED) is 0.295. The Balaban J connectivity index is 1.20. The molecule has 1 fully saturated rings. The maximum atomic E-state index is 12.6. The van der Waals surface area contributed by atoms with E-state index in [1.807, 2.05) is 24.3 Å². The lowest BCUT2D eigenvalue weighted by Crippen LogP contribution is -2.53. The standard InChI is InChI=1S/C29H35N3O6S/c1-18(33)31-28-24(17-39-25(28)12-6-7-13-27(35)36)32-26(34)14-15-30-29(37)38-16-23-21-10-4-2-8-19(21)20-9-3-5-11-22(20)23/h2-5,8-11,23-25,28H,6-7,12-17H2,1H3,(H,30,37)(H,31,33)(H,32,34)(H,35,36). The minimum Gasteiger partial charge on any atom is -0.481 e. The van der Waals surface area contributed by atoms with E-state index < -0.39 is 12.1 Å². The van der Waals surface area contributed by atoms with Gasteiger partial charge in [0.15, 0.2) is 0 Å². The molecule has 4 rings (SSSR count). The summed E-state index contributed by atoms with van der Waals surface area (Å²) in [6, 6.07) is 15.8. The van der Waals surface area contributed by atoms with Crippen molar-refractivity contribution in [3.05, 3.63) is 59.7 Å². The summed E-state index contributed by atoms with van der Waals surface area (Å²) in [6.07, 6.45) is 1.72. The predicted molar refractivity (Wildman–Crippen MR) is 150 cm³/mol. The van der Waals surface area contributed by atoms with Crippen molar-refractivity contribution in [3.8, 4) is 11.1 Å². The summed E-state index contributed by atoms with van der Waals surface area (Å²) in [4.78, 5) is 47.5. The highest BCUT2D eigenvalue weighted by Gasteiger charge is 2.37. The van der Waals surface area contributed by atoms with Crippen molar-refractivity contribution in [3.63, 3.8) is 0 Å². The molecule has 0 saturated carbocycles. The van der Waals surface area contributed by atoms with Crippen molar-refractivity contribution >= 4 is 35.6 Å². The van der Waals surface area contributed by atoms with Crippen LogP contribution in [0.15, 0.2) is 48.5 Å². The van der Waals surface area contributed by atoms with Gasteiger partial charge in [0.2, 0.25) is 11.8 Å². The fourth-order valence-corrected chi connectivity index (χ4v) is 6.89. The monoisotopic (exact) mass is 553 g/mol. The van der Waals surface area contributed by atoms with E-state index >= 15 is 0 Å². The number of hydrogen-bond donors (Lipinski definition) is 4. The van der Waals surface area contributed by atoms with Crippen LogP contribution < -0.4 is 16.0 Å². The number of carbonyl (C=O) groups is 4. The molecule has 2 aromatic carbocycles. The van der Waals surface area contributed by atoms with Crippen LogP contribution in [-0.4, -0.2) is 65.2 Å². The molecule has 10 heteroatoms. The van der Waals surface area contributed by atoms with Crippen molar-refractivity contribution in [2.75, 3.05) is 18.9 Å². The van der Waals surface area contributed by atoms with Crippen LogP contribution in [0.5, 0.6) is 0 Å². The van der Waals surface area contributed by atoms with Crippen molar-refractivity contribution in [2.45, 2.75) is 62.3 Å². The molecule has 0 aromatic heterocycles. The highest BCUT2D eigenvalue weighted by atomic mass is 32.2. The second-order valence-electron chi connectivity index (χ2n) is 9.91. The number of carbonyl (C=O) groups excluding carboxylic acids is 3. The highest BCUT2D eigenvalue weighted by Crippen LogP contribution is 2.44. The molecule has 0 radical (unpaired) electrons. The van der Waals surface area contributed by atoms with Gasteiger partial charge in [0, 0.05) is 43.2 Å². The molecule has 1 aliphatic carbocycles. The number of aliphatic carboxylic acids is 1. The second-order valence-corrected chi connectivity index (χ2v) is 11.2. The Morgan fingerprint density at radius 2 is 1.62 bits per heavy atom. The van der Waals surface area contributed by atoms with E-state index in [0.717, 1.165) is 35.1 Å². The first kappa shape index (κ1) is 28.5. The van der Waals surface area contributed by atoms with Gasteiger partial charge < -0.3 is 25.8 Å². The number of nitrogens with one attached hydrogen (secondary N) is 3. The summed E-state index contributed by atoms with van der Waals surface area (Å²) in [6.45, 7) is 1.78. The van der Waals surface area contributed by atoms with Crippen LogP contribution in [0.3, 0.4) is 0 Å². The summed E-state index contributed by atoms with van der Waals surface area (Å²) < 4.78 is 5.52. The zero-order valence-electron chi connectivity index (χ0n) is 22.0. The average molecular weight is 554 g/mol. The largest absolute Gasteiger partial charge is 0.481 e. The zero-order valence-corrected chi connectivity index (χ0v) is 22.8. The first-order valence-corrected chi connectivity index (χ1v) is 14.4. The van der Waals surface area contributed by atoms with Crippen molar-refractivity contribution in [1.82, 2.24) is 16.0 Å². The third-order valence-electron chi connectivity index (χ3n) is 7.13. The van der Waals surface area contributed by atoms with Crippen LogP contribution in [0.2, 0.25) is 0 Å². The summed E-state index contributed by atoms with van der Waals surface area (Å²) in [5, 5.41) is 17.5. The van der Waals surface area contributed by atoms with Gasteiger partial charge in [-0.1, -0.05) is 55.0 Å². The van der Waals surface area contributed by atoms with Gasteiger partial charge >= 0.3 is 12.1 Å². The van der Waals surface area contributed by atoms with Crippen LogP contribution in [-0.2, 0) is 19.1 Å². The normalized spacial score (nSPS) is 19.6. The van der Waals surface area contributed by atoms with Gasteiger partial charge in [-0.2, -0.15) is 11.8 Å². The summed E-state index contributed by atoms with van der Waals surface area (Å²) >= 11 is 1.67. The van der Waals surface area contributed by atoms with Crippen molar-refractivity contribution in [2.24, 2.45) is 0 Å². The Bertz CT molecular complexity index is 1160. The molecule has 3 atom stereocenters. The topological polar surface area (TPSA) is 134 Å². The molecular formula is C29H35N3O6S. The maximum Gasteiger partial charge on any atom is 0.407 e. The number of rotatable bonds is 12. The van der Waals surface area contributed by atoms with Gasteiger partial charge in [-0.3, -0.25) is 14.4 Å². The van der Waals surface area contributed by atoms with E-state index in [1.54, 1.807) is 11.8 Å². The van der Waals surface area contributed by atoms with Crippen LogP contribution >= 0.6 is 11.8 Å². The maximum absolute atomic E-state index is 12.6. The Labute approximate surface area is 232 Å². The predicted octanol–water partition coefficient (Wildman–Crippen LogP) is 3.67. The molecule has 1 heterocycles. The van der Waals surface area contributed by atoms with Gasteiger partial charge in [-0.15, -0.1) is 0 Å². The van der Waals surface area contributed by atoms with Crippen LogP contribution in [0.1, 0.15) is 56.1 Å². The number of hydrogen-bond acceptors (Lipinski definition) is 6. The first-order chi connectivity index (χ1) is 18.8. The molecule has 3 amide bonds. The van der Waals surface area contributed by atoms with Gasteiger partial charge in [0.25, 0.3) is 0 Å². The number of alkyl carbamates (subject to hydrolysis) is 1. The Morgan fingerprint density at radius 3 is 2.26 bits per heavy atom. The number of benzene rings is 2. The molecule has 1 aliphatic heterocycles. The molecule has 0 spiro atoms. The van der Waals surface area contributed by atoms with Crippen LogP contribution in [0.4, 0.5) is 4.79 Å². The fourth-order valence-electron chi connectivity index (χ4n) is 5.34. The fraction of sp³-hybridized carbons (Fsp3) is 0.448. The number of amides is 3. The molecule has 2 aromatic rings. The van der Waals surface area contributed by atoms with E-state index in [-0.39, 0.29) is 61.1 Å². The van der Waals surface area contributed by atoms with Crippen LogP contribution in [0, 0.1) is 0 Å². The molecule has 39 heavy (non-hydrogen) atoms. The number of ether oxygens (including phenoxy) is 1. The number of fused-ring (bicyclic) bond motifs is 3. The number of carboxylic acids is 1. The van der Waals surface area contributed by atoms with Crippen LogP contribution in [0.25, 0.3) is 11.1 Å². The lowest BCUT2D eigenvalue weighted by molar-refractivity contribution is -0.137. The Kier molecular flexibility index (Phi) is 9.86. The molecule has 3 unspecified atom stereocenters. The first-order valence-electron chi connectivity index (χ1n) is 13.3. The van der Waals surface area contributed by atoms with Gasteiger partial charge in [0.05, 0.1) is 12.1 Å². The third-order valence-corrected chi connectivity index (χ3v) is 8.64. The van der Waals surface area contributed by atoms with E-state index in [9.17, 15) is 19.2 Å².